The highest BCUT2D eigenvalue weighted by Gasteiger charge is 2.29. The predicted molar refractivity (Wildman–Crippen MR) is 147 cm³/mol. The molecule has 1 aliphatic carbocycles. The van der Waals surface area contributed by atoms with Gasteiger partial charge in [-0.25, -0.2) is 12.7 Å². The summed E-state index contributed by atoms with van der Waals surface area (Å²) in [5.41, 5.74) is 0.570. The van der Waals surface area contributed by atoms with Crippen LogP contribution in [0.2, 0.25) is 10.0 Å². The molecule has 202 valence electrons. The molecule has 0 heterocycles. The molecule has 37 heavy (non-hydrogen) atoms. The van der Waals surface area contributed by atoms with Gasteiger partial charge in [-0.05, 0) is 50.5 Å². The minimum Gasteiger partial charge on any atom is -0.352 e. The molecule has 1 atom stereocenters. The zero-order valence-electron chi connectivity index (χ0n) is 21.3. The molecule has 1 fully saturated rings. The van der Waals surface area contributed by atoms with Crippen molar-refractivity contribution in [2.45, 2.75) is 75.4 Å². The van der Waals surface area contributed by atoms with E-state index in [-0.39, 0.29) is 42.3 Å². The highest BCUT2D eigenvalue weighted by atomic mass is 35.5. The molecule has 2 aromatic carbocycles. The average Bonchev–Trinajstić information content (AvgIpc) is 2.89. The zero-order valence-corrected chi connectivity index (χ0v) is 23.7. The Morgan fingerprint density at radius 3 is 2.24 bits per heavy atom. The summed E-state index contributed by atoms with van der Waals surface area (Å²) in [6, 6.07) is 12.7. The second-order valence-electron chi connectivity index (χ2n) is 9.48. The van der Waals surface area contributed by atoms with E-state index < -0.39 is 16.1 Å². The van der Waals surface area contributed by atoms with E-state index in [1.807, 2.05) is 0 Å². The number of halogens is 2. The van der Waals surface area contributed by atoms with Gasteiger partial charge >= 0.3 is 0 Å². The van der Waals surface area contributed by atoms with Crippen molar-refractivity contribution < 1.29 is 18.0 Å². The third kappa shape index (κ3) is 7.93. The number of nitrogens with one attached hydrogen (secondary N) is 1. The summed E-state index contributed by atoms with van der Waals surface area (Å²) < 4.78 is 26.8. The van der Waals surface area contributed by atoms with Gasteiger partial charge in [0.25, 0.3) is 0 Å². The monoisotopic (exact) mass is 567 g/mol. The van der Waals surface area contributed by atoms with Gasteiger partial charge in [-0.2, -0.15) is 0 Å². The first-order valence-corrected chi connectivity index (χ1v) is 14.8. The molecular formula is C27H35Cl2N3O4S. The molecule has 0 aliphatic heterocycles. The Labute approximate surface area is 230 Å². The zero-order chi connectivity index (χ0) is 27.0. The van der Waals surface area contributed by atoms with Crippen molar-refractivity contribution in [3.63, 3.8) is 0 Å². The highest BCUT2D eigenvalue weighted by molar-refractivity contribution is 7.89. The van der Waals surface area contributed by atoms with E-state index in [1.165, 1.54) is 22.7 Å². The van der Waals surface area contributed by atoms with E-state index in [0.717, 1.165) is 25.7 Å². The molecule has 1 aliphatic rings. The second kappa shape index (κ2) is 13.6. The van der Waals surface area contributed by atoms with Crippen molar-refractivity contribution in [3.8, 4) is 0 Å². The second-order valence-corrected chi connectivity index (χ2v) is 12.3. The van der Waals surface area contributed by atoms with E-state index in [0.29, 0.717) is 22.0 Å². The summed E-state index contributed by atoms with van der Waals surface area (Å²) in [6.07, 6.45) is 5.57. The first kappa shape index (κ1) is 29.4. The topological polar surface area (TPSA) is 86.8 Å². The summed E-state index contributed by atoms with van der Waals surface area (Å²) in [6.45, 7) is 1.94. The van der Waals surface area contributed by atoms with Gasteiger partial charge in [0.15, 0.2) is 0 Å². The van der Waals surface area contributed by atoms with Gasteiger partial charge in [-0.3, -0.25) is 9.59 Å². The Bertz CT molecular complexity index is 1150. The summed E-state index contributed by atoms with van der Waals surface area (Å²) in [5.74, 6) is -0.486. The van der Waals surface area contributed by atoms with E-state index in [9.17, 15) is 18.0 Å². The summed E-state index contributed by atoms with van der Waals surface area (Å²) in [5, 5.41) is 3.93. The SMILES string of the molecule is C[C@H](C(=O)NC1CCCCC1)N(Cc1c(Cl)cccc1Cl)C(=O)CCCN(C)S(=O)(=O)c1ccccc1. The first-order chi connectivity index (χ1) is 17.6. The molecule has 0 aromatic heterocycles. The van der Waals surface area contributed by atoms with Crippen molar-refractivity contribution in [2.24, 2.45) is 0 Å². The Morgan fingerprint density at radius 1 is 1.00 bits per heavy atom. The van der Waals surface area contributed by atoms with E-state index in [1.54, 1.807) is 55.5 Å². The van der Waals surface area contributed by atoms with Crippen molar-refractivity contribution >= 4 is 45.0 Å². The average molecular weight is 569 g/mol. The van der Waals surface area contributed by atoms with E-state index in [4.69, 9.17) is 23.2 Å². The van der Waals surface area contributed by atoms with Crippen molar-refractivity contribution in [3.05, 3.63) is 64.1 Å². The van der Waals surface area contributed by atoms with Gasteiger partial charge in [0, 0.05) is 48.2 Å². The molecule has 3 rings (SSSR count). The van der Waals surface area contributed by atoms with Crippen LogP contribution in [0.5, 0.6) is 0 Å². The largest absolute Gasteiger partial charge is 0.352 e. The summed E-state index contributed by atoms with van der Waals surface area (Å²) in [7, 11) is -2.16. The number of amides is 2. The van der Waals surface area contributed by atoms with Gasteiger partial charge in [-0.1, -0.05) is 66.7 Å². The molecule has 10 heteroatoms. The first-order valence-electron chi connectivity index (χ1n) is 12.7. The predicted octanol–water partition coefficient (Wildman–Crippen LogP) is 5.26. The fourth-order valence-corrected chi connectivity index (χ4v) is 6.24. The quantitative estimate of drug-likeness (QED) is 0.401. The van der Waals surface area contributed by atoms with Crippen molar-refractivity contribution in [1.82, 2.24) is 14.5 Å². The molecule has 0 spiro atoms. The van der Waals surface area contributed by atoms with Gasteiger partial charge in [0.2, 0.25) is 21.8 Å². The lowest BCUT2D eigenvalue weighted by Crippen LogP contribution is -2.50. The molecule has 1 N–H and O–H groups in total. The maximum Gasteiger partial charge on any atom is 0.242 e. The maximum atomic E-state index is 13.4. The van der Waals surface area contributed by atoms with Crippen molar-refractivity contribution in [1.29, 1.82) is 0 Å². The lowest BCUT2D eigenvalue weighted by atomic mass is 9.95. The Morgan fingerprint density at radius 2 is 1.62 bits per heavy atom. The van der Waals surface area contributed by atoms with Crippen LogP contribution < -0.4 is 5.32 Å². The summed E-state index contributed by atoms with van der Waals surface area (Å²) in [4.78, 5) is 28.2. The van der Waals surface area contributed by atoms with Crippen LogP contribution in [0.25, 0.3) is 0 Å². The Hall–Kier alpha value is -2.13. The highest BCUT2D eigenvalue weighted by Crippen LogP contribution is 2.27. The van der Waals surface area contributed by atoms with Crippen LogP contribution in [0, 0.1) is 0 Å². The van der Waals surface area contributed by atoms with E-state index in [2.05, 4.69) is 5.32 Å². The Balaban J connectivity index is 1.70. The molecule has 1 saturated carbocycles. The van der Waals surface area contributed by atoms with E-state index >= 15 is 0 Å². The number of sulfonamides is 1. The minimum absolute atomic E-state index is 0.0672. The number of rotatable bonds is 11. The number of nitrogens with zero attached hydrogens (tertiary/aromatic N) is 2. The van der Waals surface area contributed by atoms with Crippen LogP contribution in [-0.2, 0) is 26.2 Å². The number of carbonyl (C=O) groups excluding carboxylic acids is 2. The Kier molecular flexibility index (Phi) is 10.8. The molecule has 2 aromatic rings. The van der Waals surface area contributed by atoms with Gasteiger partial charge in [0.05, 0.1) is 4.90 Å². The van der Waals surface area contributed by atoms with Crippen LogP contribution >= 0.6 is 23.2 Å². The normalized spacial score (nSPS) is 15.4. The molecule has 2 amide bonds. The molecule has 7 nitrogen and oxygen atoms in total. The van der Waals surface area contributed by atoms with Gasteiger partial charge in [-0.15, -0.1) is 0 Å². The van der Waals surface area contributed by atoms with Crippen LogP contribution in [0.3, 0.4) is 0 Å². The number of carbonyl (C=O) groups is 2. The summed E-state index contributed by atoms with van der Waals surface area (Å²) >= 11 is 12.8. The number of hydrogen-bond donors (Lipinski definition) is 1. The van der Waals surface area contributed by atoms with Crippen LogP contribution in [0.15, 0.2) is 53.4 Å². The number of benzene rings is 2. The molecule has 0 saturated heterocycles. The van der Waals surface area contributed by atoms with Crippen LogP contribution in [0.4, 0.5) is 0 Å². The fourth-order valence-electron chi connectivity index (χ4n) is 4.49. The van der Waals surface area contributed by atoms with Crippen LogP contribution in [-0.4, -0.2) is 55.1 Å². The molecule has 0 radical (unpaired) electrons. The fraction of sp³-hybridized carbons (Fsp3) is 0.481. The third-order valence-electron chi connectivity index (χ3n) is 6.82. The lowest BCUT2D eigenvalue weighted by Gasteiger charge is -2.32. The standard InChI is InChI=1S/C27H35Cl2N3O4S/c1-20(27(34)30-21-11-5-3-6-12-21)32(19-23-24(28)15-9-16-25(23)29)26(33)17-10-18-31(2)37(35,36)22-13-7-4-8-14-22/h4,7-9,13-16,20-21H,3,5-6,10-12,17-19H2,1-2H3,(H,30,34)/t20-/m1/s1. The lowest BCUT2D eigenvalue weighted by molar-refractivity contribution is -0.141. The minimum atomic E-state index is -3.65. The van der Waals surface area contributed by atoms with Crippen molar-refractivity contribution in [2.75, 3.05) is 13.6 Å². The molecule has 0 bridgehead atoms. The third-order valence-corrected chi connectivity index (χ3v) is 9.40. The molecule has 0 unspecified atom stereocenters. The number of hydrogen-bond acceptors (Lipinski definition) is 4. The van der Waals surface area contributed by atoms with Crippen LogP contribution in [0.1, 0.15) is 57.4 Å². The molecular weight excluding hydrogens is 533 g/mol. The smallest absolute Gasteiger partial charge is 0.242 e. The maximum absolute atomic E-state index is 13.4. The van der Waals surface area contributed by atoms with Gasteiger partial charge < -0.3 is 10.2 Å². The van der Waals surface area contributed by atoms with Gasteiger partial charge in [0.1, 0.15) is 6.04 Å².